The number of hydrogen-bond acceptors (Lipinski definition) is 3. The predicted molar refractivity (Wildman–Crippen MR) is 74.4 cm³/mol. The lowest BCUT2D eigenvalue weighted by atomic mass is 10.1. The van der Waals surface area contributed by atoms with Crippen molar-refractivity contribution in [3.8, 4) is 0 Å². The molecule has 1 aromatic rings. The number of nitrogens with zero attached hydrogens (tertiary/aromatic N) is 2. The van der Waals surface area contributed by atoms with Crippen LogP contribution >= 0.6 is 0 Å². The molecule has 0 aliphatic carbocycles. The van der Waals surface area contributed by atoms with Gasteiger partial charge in [-0.05, 0) is 30.7 Å². The molecule has 21 heavy (non-hydrogen) atoms. The number of carbonyl (C=O) groups is 1. The van der Waals surface area contributed by atoms with Gasteiger partial charge in [-0.1, -0.05) is 6.92 Å². The number of amides is 1. The first-order valence-electron chi connectivity index (χ1n) is 6.96. The number of rotatable bonds is 2. The van der Waals surface area contributed by atoms with Gasteiger partial charge in [-0.3, -0.25) is 4.79 Å². The SMILES string of the molecule is C[C@H]1CC2CN(S(=O)(=O)c3ccc(F)cc3)CCN2C1=O. The summed E-state index contributed by atoms with van der Waals surface area (Å²) in [6.45, 7) is 2.90. The summed E-state index contributed by atoms with van der Waals surface area (Å²) in [6, 6.07) is 4.80. The Balaban J connectivity index is 1.82. The second-order valence-electron chi connectivity index (χ2n) is 5.64. The summed E-state index contributed by atoms with van der Waals surface area (Å²) >= 11 is 0. The third kappa shape index (κ3) is 2.44. The Bertz CT molecular complexity index is 659. The molecule has 2 aliphatic heterocycles. The summed E-state index contributed by atoms with van der Waals surface area (Å²) in [6.07, 6.45) is 0.689. The zero-order chi connectivity index (χ0) is 15.2. The molecular weight excluding hydrogens is 295 g/mol. The van der Waals surface area contributed by atoms with Crippen LogP contribution in [0.25, 0.3) is 0 Å². The second-order valence-corrected chi connectivity index (χ2v) is 7.58. The molecule has 2 fully saturated rings. The van der Waals surface area contributed by atoms with Crippen molar-refractivity contribution < 1.29 is 17.6 Å². The van der Waals surface area contributed by atoms with E-state index < -0.39 is 15.8 Å². The first-order chi connectivity index (χ1) is 9.89. The van der Waals surface area contributed by atoms with E-state index in [2.05, 4.69) is 0 Å². The Kier molecular flexibility index (Phi) is 3.49. The molecule has 1 aromatic carbocycles. The number of fused-ring (bicyclic) bond motifs is 1. The van der Waals surface area contributed by atoms with Crippen LogP contribution in [0.3, 0.4) is 0 Å². The summed E-state index contributed by atoms with van der Waals surface area (Å²) in [5.74, 6) is -0.392. The molecule has 2 heterocycles. The molecule has 0 saturated carbocycles. The van der Waals surface area contributed by atoms with Gasteiger partial charge in [0, 0.05) is 31.6 Å². The molecule has 2 atom stereocenters. The van der Waals surface area contributed by atoms with Gasteiger partial charge < -0.3 is 4.90 Å². The third-order valence-corrected chi connectivity index (χ3v) is 6.11. The van der Waals surface area contributed by atoms with Crippen LogP contribution in [0.4, 0.5) is 4.39 Å². The lowest BCUT2D eigenvalue weighted by molar-refractivity contribution is -0.132. The number of benzene rings is 1. The van der Waals surface area contributed by atoms with E-state index in [1.165, 1.54) is 16.4 Å². The van der Waals surface area contributed by atoms with Crippen molar-refractivity contribution in [2.24, 2.45) is 5.92 Å². The minimum Gasteiger partial charge on any atom is -0.337 e. The molecule has 3 rings (SSSR count). The summed E-state index contributed by atoms with van der Waals surface area (Å²) in [5, 5.41) is 0. The Morgan fingerprint density at radius 1 is 1.19 bits per heavy atom. The Morgan fingerprint density at radius 2 is 1.86 bits per heavy atom. The van der Waals surface area contributed by atoms with Gasteiger partial charge in [0.1, 0.15) is 5.82 Å². The predicted octanol–water partition coefficient (Wildman–Crippen LogP) is 1.07. The number of carbonyl (C=O) groups excluding carboxylic acids is 1. The first-order valence-corrected chi connectivity index (χ1v) is 8.40. The minimum absolute atomic E-state index is 0.0384. The molecule has 2 saturated heterocycles. The monoisotopic (exact) mass is 312 g/mol. The standard InChI is InChI=1S/C14H17FN2O3S/c1-10-8-12-9-16(6-7-17(12)14(10)18)21(19,20)13-4-2-11(15)3-5-13/h2-5,10,12H,6-9H2,1H3/t10-,12?/m0/s1. The van der Waals surface area contributed by atoms with E-state index >= 15 is 0 Å². The minimum atomic E-state index is -3.62. The van der Waals surface area contributed by atoms with Crippen LogP contribution in [0.15, 0.2) is 29.2 Å². The van der Waals surface area contributed by atoms with Crippen molar-refractivity contribution >= 4 is 15.9 Å². The summed E-state index contributed by atoms with van der Waals surface area (Å²) in [4.78, 5) is 13.8. The number of hydrogen-bond donors (Lipinski definition) is 0. The van der Waals surface area contributed by atoms with Crippen molar-refractivity contribution in [3.05, 3.63) is 30.1 Å². The van der Waals surface area contributed by atoms with Gasteiger partial charge in [-0.2, -0.15) is 4.31 Å². The van der Waals surface area contributed by atoms with Crippen molar-refractivity contribution in [1.29, 1.82) is 0 Å². The van der Waals surface area contributed by atoms with Crippen molar-refractivity contribution in [2.75, 3.05) is 19.6 Å². The van der Waals surface area contributed by atoms with Gasteiger partial charge in [0.25, 0.3) is 0 Å². The van der Waals surface area contributed by atoms with E-state index in [4.69, 9.17) is 0 Å². The molecule has 0 radical (unpaired) electrons. The zero-order valence-electron chi connectivity index (χ0n) is 11.7. The zero-order valence-corrected chi connectivity index (χ0v) is 12.5. The van der Waals surface area contributed by atoms with E-state index in [-0.39, 0.29) is 29.3 Å². The van der Waals surface area contributed by atoms with Crippen molar-refractivity contribution in [2.45, 2.75) is 24.3 Å². The fourth-order valence-electron chi connectivity index (χ4n) is 3.08. The molecule has 1 amide bonds. The van der Waals surface area contributed by atoms with Crippen LogP contribution in [0.2, 0.25) is 0 Å². The van der Waals surface area contributed by atoms with Gasteiger partial charge in [-0.25, -0.2) is 12.8 Å². The fourth-order valence-corrected chi connectivity index (χ4v) is 4.55. The quantitative estimate of drug-likeness (QED) is 0.821. The Hall–Kier alpha value is -1.47. The summed E-state index contributed by atoms with van der Waals surface area (Å²) in [5.41, 5.74) is 0. The second kappa shape index (κ2) is 5.06. The first kappa shape index (κ1) is 14.5. The van der Waals surface area contributed by atoms with Crippen LogP contribution in [-0.4, -0.2) is 49.2 Å². The topological polar surface area (TPSA) is 57.7 Å². The highest BCUT2D eigenvalue weighted by Crippen LogP contribution is 2.29. The maximum atomic E-state index is 12.9. The maximum Gasteiger partial charge on any atom is 0.243 e. The van der Waals surface area contributed by atoms with Crippen molar-refractivity contribution in [1.82, 2.24) is 9.21 Å². The molecule has 0 spiro atoms. The summed E-state index contributed by atoms with van der Waals surface area (Å²) in [7, 11) is -3.62. The molecule has 5 nitrogen and oxygen atoms in total. The third-order valence-electron chi connectivity index (χ3n) is 4.23. The highest BCUT2D eigenvalue weighted by molar-refractivity contribution is 7.89. The lowest BCUT2D eigenvalue weighted by Crippen LogP contribution is -2.53. The van der Waals surface area contributed by atoms with Crippen LogP contribution in [0.5, 0.6) is 0 Å². The average Bonchev–Trinajstić information content (AvgIpc) is 2.74. The van der Waals surface area contributed by atoms with E-state index in [1.807, 2.05) is 6.92 Å². The maximum absolute atomic E-state index is 12.9. The van der Waals surface area contributed by atoms with Crippen LogP contribution in [0.1, 0.15) is 13.3 Å². The molecule has 0 N–H and O–H groups in total. The molecule has 7 heteroatoms. The fraction of sp³-hybridized carbons (Fsp3) is 0.500. The smallest absolute Gasteiger partial charge is 0.243 e. The van der Waals surface area contributed by atoms with Gasteiger partial charge in [0.05, 0.1) is 4.90 Å². The number of piperazine rings is 1. The van der Waals surface area contributed by atoms with Gasteiger partial charge >= 0.3 is 0 Å². The largest absolute Gasteiger partial charge is 0.337 e. The number of sulfonamides is 1. The Morgan fingerprint density at radius 3 is 2.52 bits per heavy atom. The molecule has 0 aromatic heterocycles. The van der Waals surface area contributed by atoms with E-state index in [1.54, 1.807) is 4.90 Å². The normalized spacial score (nSPS) is 27.0. The Labute approximate surface area is 123 Å². The average molecular weight is 312 g/mol. The summed E-state index contributed by atoms with van der Waals surface area (Å²) < 4.78 is 39.4. The van der Waals surface area contributed by atoms with Gasteiger partial charge in [0.15, 0.2) is 0 Å². The van der Waals surface area contributed by atoms with Crippen molar-refractivity contribution in [3.63, 3.8) is 0 Å². The molecule has 1 unspecified atom stereocenters. The molecule has 2 aliphatic rings. The molecular formula is C14H17FN2O3S. The van der Waals surface area contributed by atoms with E-state index in [0.717, 1.165) is 12.1 Å². The van der Waals surface area contributed by atoms with Crippen LogP contribution < -0.4 is 0 Å². The highest BCUT2D eigenvalue weighted by atomic mass is 32.2. The van der Waals surface area contributed by atoms with E-state index in [0.29, 0.717) is 19.5 Å². The molecule has 114 valence electrons. The number of halogens is 1. The highest BCUT2D eigenvalue weighted by Gasteiger charge is 2.42. The lowest BCUT2D eigenvalue weighted by Gasteiger charge is -2.36. The van der Waals surface area contributed by atoms with Gasteiger partial charge in [-0.15, -0.1) is 0 Å². The van der Waals surface area contributed by atoms with Crippen LogP contribution in [0, 0.1) is 11.7 Å². The van der Waals surface area contributed by atoms with E-state index in [9.17, 15) is 17.6 Å². The molecule has 0 bridgehead atoms. The van der Waals surface area contributed by atoms with Crippen LogP contribution in [-0.2, 0) is 14.8 Å². The van der Waals surface area contributed by atoms with Gasteiger partial charge in [0.2, 0.25) is 15.9 Å².